The minimum Gasteiger partial charge on any atom is -0.479 e. The van der Waals surface area contributed by atoms with Crippen LogP contribution in [0.4, 0.5) is 0 Å². The van der Waals surface area contributed by atoms with Crippen LogP contribution in [-0.4, -0.2) is 128 Å². The van der Waals surface area contributed by atoms with Gasteiger partial charge in [0.1, 0.15) is 30.7 Å². The molecule has 0 unspecified atom stereocenters. The zero-order valence-electron chi connectivity index (χ0n) is 32.4. The van der Waals surface area contributed by atoms with Gasteiger partial charge in [-0.25, -0.2) is 4.79 Å². The second-order valence-corrected chi connectivity index (χ2v) is 14.7. The average molecular weight is 771 g/mol. The van der Waals surface area contributed by atoms with Gasteiger partial charge in [-0.05, 0) is 70.1 Å². The van der Waals surface area contributed by atoms with Crippen molar-refractivity contribution in [1.29, 1.82) is 0 Å². The number of ether oxygens (including phenoxy) is 6. The van der Waals surface area contributed by atoms with Gasteiger partial charge in [0.15, 0.2) is 6.10 Å². The highest BCUT2D eigenvalue weighted by molar-refractivity contribution is 5.76. The van der Waals surface area contributed by atoms with Crippen molar-refractivity contribution < 1.29 is 68.0 Å². The molecule has 54 heavy (non-hydrogen) atoms. The van der Waals surface area contributed by atoms with E-state index in [1.165, 1.54) is 0 Å². The van der Waals surface area contributed by atoms with Crippen LogP contribution in [0.2, 0.25) is 0 Å². The molecule has 5 atom stereocenters. The van der Waals surface area contributed by atoms with Gasteiger partial charge < -0.3 is 59.5 Å². The van der Waals surface area contributed by atoms with E-state index >= 15 is 0 Å². The summed E-state index contributed by atoms with van der Waals surface area (Å²) >= 11 is 0. The monoisotopic (exact) mass is 770 g/mol. The number of rotatable bonds is 26. The van der Waals surface area contributed by atoms with Crippen molar-refractivity contribution in [1.82, 2.24) is 10.6 Å². The molecule has 16 nitrogen and oxygen atoms in total. The molecule has 0 radical (unpaired) electrons. The standard InChI is InChI=1S/C38H62N2O14/c1-25(2)22-30(42)39-14-8-6-7-11-29(41)40-15-17-50-19-21-51-20-18-49-16-9-10-26-12-13-28(27(23-26)24-52-37(48)38(3,4)5)53-36-33(45)31(43)32(44)34(54-36)35(46)47/h12-13,23,25,31-34,36,43-45H,6-11,14-22,24H2,1-5H3,(H,39,42)(H,40,41)(H,46,47)/t31-,32-,33-,34-,36+/m0/s1. The third-order valence-corrected chi connectivity index (χ3v) is 8.22. The summed E-state index contributed by atoms with van der Waals surface area (Å²) in [6.07, 6.45) is -4.12. The van der Waals surface area contributed by atoms with Crippen molar-refractivity contribution in [3.63, 3.8) is 0 Å². The number of unbranched alkanes of at least 4 members (excludes halogenated alkanes) is 2. The first-order chi connectivity index (χ1) is 25.6. The highest BCUT2D eigenvalue weighted by Gasteiger charge is 2.48. The largest absolute Gasteiger partial charge is 0.479 e. The Kier molecular flexibility index (Phi) is 21.6. The van der Waals surface area contributed by atoms with Crippen molar-refractivity contribution in [2.45, 2.75) is 117 Å². The fourth-order valence-electron chi connectivity index (χ4n) is 5.18. The number of esters is 1. The van der Waals surface area contributed by atoms with Gasteiger partial charge in [-0.15, -0.1) is 0 Å². The minimum absolute atomic E-state index is 0.0181. The molecule has 308 valence electrons. The minimum atomic E-state index is -1.86. The number of aliphatic hydroxyl groups is 3. The number of hydrogen-bond donors (Lipinski definition) is 6. The number of aliphatic carboxylic acids is 1. The van der Waals surface area contributed by atoms with Crippen molar-refractivity contribution >= 4 is 23.8 Å². The summed E-state index contributed by atoms with van der Waals surface area (Å²) in [4.78, 5) is 47.6. The second-order valence-electron chi connectivity index (χ2n) is 14.7. The summed E-state index contributed by atoms with van der Waals surface area (Å²) < 4.78 is 33.2. The average Bonchev–Trinajstić information content (AvgIpc) is 3.10. The van der Waals surface area contributed by atoms with E-state index in [2.05, 4.69) is 10.6 Å². The van der Waals surface area contributed by atoms with E-state index in [0.717, 1.165) is 24.8 Å². The highest BCUT2D eigenvalue weighted by Crippen LogP contribution is 2.29. The number of carboxylic acid groups (broad SMARTS) is 1. The van der Waals surface area contributed by atoms with Crippen LogP contribution in [0.15, 0.2) is 18.2 Å². The van der Waals surface area contributed by atoms with Crippen LogP contribution in [0.1, 0.15) is 84.3 Å². The van der Waals surface area contributed by atoms with E-state index in [-0.39, 0.29) is 24.2 Å². The van der Waals surface area contributed by atoms with E-state index in [9.17, 15) is 39.6 Å². The Bertz CT molecular complexity index is 1290. The van der Waals surface area contributed by atoms with Crippen molar-refractivity contribution in [2.75, 3.05) is 52.7 Å². The van der Waals surface area contributed by atoms with Gasteiger partial charge in [-0.3, -0.25) is 14.4 Å². The molecule has 1 aromatic carbocycles. The fourth-order valence-corrected chi connectivity index (χ4v) is 5.18. The van der Waals surface area contributed by atoms with Gasteiger partial charge in [0.25, 0.3) is 0 Å². The quantitative estimate of drug-likeness (QED) is 0.0584. The van der Waals surface area contributed by atoms with Crippen LogP contribution in [0.3, 0.4) is 0 Å². The first-order valence-electron chi connectivity index (χ1n) is 18.7. The van der Waals surface area contributed by atoms with Crippen LogP contribution in [0.5, 0.6) is 5.75 Å². The van der Waals surface area contributed by atoms with Crippen LogP contribution >= 0.6 is 0 Å². The number of aryl methyl sites for hydroxylation is 1. The summed E-state index contributed by atoms with van der Waals surface area (Å²) in [5.41, 5.74) is 0.542. The number of carbonyl (C=O) groups excluding carboxylic acids is 3. The topological polar surface area (TPSA) is 229 Å². The lowest BCUT2D eigenvalue weighted by molar-refractivity contribution is -0.271. The number of amides is 2. The number of carboxylic acids is 1. The highest BCUT2D eigenvalue weighted by atomic mass is 16.7. The van der Waals surface area contributed by atoms with Gasteiger partial charge in [-0.2, -0.15) is 0 Å². The number of benzene rings is 1. The normalized spacial score (nSPS) is 20.1. The molecule has 0 aliphatic carbocycles. The molecule has 0 aromatic heterocycles. The van der Waals surface area contributed by atoms with Gasteiger partial charge >= 0.3 is 11.9 Å². The Morgan fingerprint density at radius 1 is 0.796 bits per heavy atom. The Balaban J connectivity index is 1.63. The summed E-state index contributed by atoms with van der Waals surface area (Å²) in [5.74, 6) is -1.45. The zero-order chi connectivity index (χ0) is 40.1. The first kappa shape index (κ1) is 46.8. The van der Waals surface area contributed by atoms with E-state index < -0.39 is 48.1 Å². The maximum absolute atomic E-state index is 12.5. The predicted octanol–water partition coefficient (Wildman–Crippen LogP) is 1.87. The third kappa shape index (κ3) is 18.3. The smallest absolute Gasteiger partial charge is 0.335 e. The SMILES string of the molecule is CC(C)CC(=O)NCCCCCC(=O)NCCOCCOCCOCCCc1ccc(O[C@@H]2O[C@H](C(=O)O)[C@@H](O)[C@H](O)[C@@H]2O)c(COC(=O)C(C)(C)C)c1. The number of nitrogens with one attached hydrogen (secondary N) is 2. The Hall–Kier alpha value is -3.38. The molecule has 0 saturated carbocycles. The molecule has 0 spiro atoms. The van der Waals surface area contributed by atoms with Crippen LogP contribution in [-0.2, 0) is 55.9 Å². The summed E-state index contributed by atoms with van der Waals surface area (Å²) in [6, 6.07) is 5.09. The Morgan fingerprint density at radius 3 is 2.09 bits per heavy atom. The lowest BCUT2D eigenvalue weighted by atomic mass is 9.97. The lowest BCUT2D eigenvalue weighted by Gasteiger charge is -2.38. The molecule has 2 amide bonds. The lowest BCUT2D eigenvalue weighted by Crippen LogP contribution is -2.61. The predicted molar refractivity (Wildman–Crippen MR) is 195 cm³/mol. The summed E-state index contributed by atoms with van der Waals surface area (Å²) in [6.45, 7) is 12.4. The van der Waals surface area contributed by atoms with E-state index in [1.54, 1.807) is 39.0 Å². The van der Waals surface area contributed by atoms with Crippen molar-refractivity contribution in [3.8, 4) is 5.75 Å². The van der Waals surface area contributed by atoms with Gasteiger partial charge in [0, 0.05) is 38.1 Å². The second kappa shape index (κ2) is 24.9. The molecule has 6 N–H and O–H groups in total. The molecule has 1 fully saturated rings. The van der Waals surface area contributed by atoms with Gasteiger partial charge in [0.05, 0.1) is 38.4 Å². The van der Waals surface area contributed by atoms with Crippen LogP contribution < -0.4 is 15.4 Å². The molecule has 16 heteroatoms. The third-order valence-electron chi connectivity index (χ3n) is 8.22. The molecule has 1 aliphatic rings. The molecule has 0 bridgehead atoms. The number of aliphatic hydroxyl groups excluding tert-OH is 3. The summed E-state index contributed by atoms with van der Waals surface area (Å²) in [5, 5.41) is 45.7. The molecular formula is C38H62N2O14. The van der Waals surface area contributed by atoms with Gasteiger partial charge in [-0.1, -0.05) is 26.3 Å². The van der Waals surface area contributed by atoms with Crippen molar-refractivity contribution in [2.24, 2.45) is 11.3 Å². The van der Waals surface area contributed by atoms with E-state index in [4.69, 9.17) is 28.4 Å². The maximum atomic E-state index is 12.5. The summed E-state index contributed by atoms with van der Waals surface area (Å²) in [7, 11) is 0. The van der Waals surface area contributed by atoms with Crippen molar-refractivity contribution in [3.05, 3.63) is 29.3 Å². The molecule has 1 aromatic rings. The molecule has 2 rings (SSSR count). The zero-order valence-corrected chi connectivity index (χ0v) is 32.4. The number of hydrogen-bond acceptors (Lipinski definition) is 13. The van der Waals surface area contributed by atoms with Crippen LogP contribution in [0.25, 0.3) is 0 Å². The van der Waals surface area contributed by atoms with E-state index in [0.29, 0.717) is 89.9 Å². The Morgan fingerprint density at radius 2 is 1.44 bits per heavy atom. The van der Waals surface area contributed by atoms with E-state index in [1.807, 2.05) is 13.8 Å². The molecule has 1 saturated heterocycles. The fraction of sp³-hybridized carbons (Fsp3) is 0.737. The molecule has 1 aliphatic heterocycles. The molecule has 1 heterocycles. The molecular weight excluding hydrogens is 708 g/mol. The first-order valence-corrected chi connectivity index (χ1v) is 18.7. The van der Waals surface area contributed by atoms with Crippen LogP contribution in [0, 0.1) is 11.3 Å². The maximum Gasteiger partial charge on any atom is 0.335 e. The Labute approximate surface area is 318 Å². The van der Waals surface area contributed by atoms with Gasteiger partial charge in [0.2, 0.25) is 18.1 Å². The number of carbonyl (C=O) groups is 4.